The molecule has 13 heavy (non-hydrogen) atoms. The molecule has 0 saturated heterocycles. The third kappa shape index (κ3) is 2.33. The quantitative estimate of drug-likeness (QED) is 0.640. The molecule has 68 valence electrons. The van der Waals surface area contributed by atoms with Gasteiger partial charge in [0, 0.05) is 8.80 Å². The number of hydrogen-bond donors (Lipinski definition) is 0. The van der Waals surface area contributed by atoms with Gasteiger partial charge < -0.3 is 0 Å². The van der Waals surface area contributed by atoms with Crippen molar-refractivity contribution in [2.75, 3.05) is 0 Å². The SMILES string of the molecule is CC1=C(C)C([SiH](C)C)C(C)=C1C.[Zr+4]. The molecule has 0 radical (unpaired) electrons. The number of hydrogen-bond acceptors (Lipinski definition) is 0. The molecule has 0 saturated carbocycles. The van der Waals surface area contributed by atoms with Gasteiger partial charge in [-0.25, -0.2) is 0 Å². The van der Waals surface area contributed by atoms with Crippen molar-refractivity contribution in [3.63, 3.8) is 0 Å². The minimum Gasteiger partial charge on any atom is -0.0714 e. The van der Waals surface area contributed by atoms with Crippen molar-refractivity contribution in [2.24, 2.45) is 0 Å². The molecular weight excluding hydrogens is 251 g/mol. The molecule has 0 amide bonds. The van der Waals surface area contributed by atoms with Crippen LogP contribution in [0.3, 0.4) is 0 Å². The normalized spacial score (nSPS) is 18.7. The van der Waals surface area contributed by atoms with Gasteiger partial charge in [0.05, 0.1) is 0 Å². The summed E-state index contributed by atoms with van der Waals surface area (Å²) in [6, 6.07) is 0. The van der Waals surface area contributed by atoms with Crippen LogP contribution in [0.15, 0.2) is 22.3 Å². The first-order chi connectivity index (χ1) is 5.46. The van der Waals surface area contributed by atoms with Gasteiger partial charge in [-0.3, -0.25) is 0 Å². The van der Waals surface area contributed by atoms with E-state index in [1.807, 2.05) is 0 Å². The van der Waals surface area contributed by atoms with Crippen LogP contribution in [-0.2, 0) is 26.2 Å². The summed E-state index contributed by atoms with van der Waals surface area (Å²) in [5, 5.41) is 0. The molecule has 0 aliphatic heterocycles. The first-order valence-corrected chi connectivity index (χ1v) is 7.79. The van der Waals surface area contributed by atoms with E-state index in [1.165, 1.54) is 0 Å². The fourth-order valence-corrected chi connectivity index (χ4v) is 4.88. The van der Waals surface area contributed by atoms with Crippen molar-refractivity contribution < 1.29 is 26.2 Å². The molecule has 0 aromatic heterocycles. The molecule has 0 unspecified atom stereocenters. The van der Waals surface area contributed by atoms with Crippen LogP contribution in [0, 0.1) is 0 Å². The third-order valence-corrected chi connectivity index (χ3v) is 5.68. The molecule has 0 nitrogen and oxygen atoms in total. The Morgan fingerprint density at radius 1 is 0.846 bits per heavy atom. The van der Waals surface area contributed by atoms with Crippen molar-refractivity contribution in [1.29, 1.82) is 0 Å². The first-order valence-electron chi connectivity index (χ1n) is 4.82. The largest absolute Gasteiger partial charge is 4.00 e. The molecule has 0 aromatic rings. The predicted octanol–water partition coefficient (Wildman–Crippen LogP) is 3.53. The Balaban J connectivity index is 0.00000144. The predicted molar refractivity (Wildman–Crippen MR) is 59.4 cm³/mol. The number of allylic oxidation sites excluding steroid dienone is 4. The summed E-state index contributed by atoms with van der Waals surface area (Å²) in [7, 11) is -0.531. The monoisotopic (exact) mass is 270 g/mol. The van der Waals surface area contributed by atoms with Gasteiger partial charge in [0.25, 0.3) is 0 Å². The van der Waals surface area contributed by atoms with Gasteiger partial charge in [0.2, 0.25) is 0 Å². The molecule has 0 fully saturated rings. The molecule has 1 aliphatic rings. The third-order valence-electron chi connectivity index (χ3n) is 3.35. The van der Waals surface area contributed by atoms with Crippen molar-refractivity contribution in [3.05, 3.63) is 22.3 Å². The summed E-state index contributed by atoms with van der Waals surface area (Å²) >= 11 is 0. The molecule has 0 aromatic carbocycles. The first kappa shape index (κ1) is 13.6. The molecule has 0 spiro atoms. The van der Waals surface area contributed by atoms with E-state index in [0.717, 1.165) is 5.54 Å². The minimum absolute atomic E-state index is 0. The van der Waals surface area contributed by atoms with E-state index < -0.39 is 8.80 Å². The molecule has 2 heteroatoms. The van der Waals surface area contributed by atoms with Crippen LogP contribution in [0.1, 0.15) is 27.7 Å². The van der Waals surface area contributed by atoms with E-state index in [0.29, 0.717) is 0 Å². The van der Waals surface area contributed by atoms with Crippen molar-refractivity contribution >= 4 is 8.80 Å². The molecule has 0 heterocycles. The second-order valence-electron chi connectivity index (χ2n) is 4.34. The van der Waals surface area contributed by atoms with Crippen molar-refractivity contribution in [1.82, 2.24) is 0 Å². The topological polar surface area (TPSA) is 0 Å². The molecule has 0 atom stereocenters. The Morgan fingerprint density at radius 3 is 1.31 bits per heavy atom. The van der Waals surface area contributed by atoms with Crippen molar-refractivity contribution in [3.8, 4) is 0 Å². The van der Waals surface area contributed by atoms with Crippen LogP contribution in [0.2, 0.25) is 18.6 Å². The van der Waals surface area contributed by atoms with Crippen LogP contribution in [0.25, 0.3) is 0 Å². The Bertz CT molecular complexity index is 237. The van der Waals surface area contributed by atoms with Crippen LogP contribution in [0.5, 0.6) is 0 Å². The van der Waals surface area contributed by atoms with Gasteiger partial charge in [-0.15, -0.1) is 0 Å². The maximum Gasteiger partial charge on any atom is 4.00 e. The Labute approximate surface area is 103 Å². The van der Waals surface area contributed by atoms with Crippen LogP contribution in [0.4, 0.5) is 0 Å². The maximum atomic E-state index is 2.45. The second kappa shape index (κ2) is 4.89. The molecule has 0 N–H and O–H groups in total. The fraction of sp³-hybridized carbons (Fsp3) is 0.636. The summed E-state index contributed by atoms with van der Waals surface area (Å²) in [6.07, 6.45) is 0. The Morgan fingerprint density at radius 2 is 1.15 bits per heavy atom. The van der Waals surface area contributed by atoms with Gasteiger partial charge in [-0.1, -0.05) is 24.2 Å². The summed E-state index contributed by atoms with van der Waals surface area (Å²) in [6.45, 7) is 14.1. The van der Waals surface area contributed by atoms with E-state index in [1.54, 1.807) is 22.3 Å². The summed E-state index contributed by atoms with van der Waals surface area (Å²) in [4.78, 5) is 0. The van der Waals surface area contributed by atoms with Gasteiger partial charge in [0.15, 0.2) is 0 Å². The van der Waals surface area contributed by atoms with Crippen molar-refractivity contribution in [2.45, 2.75) is 46.3 Å². The molecule has 1 rings (SSSR count). The summed E-state index contributed by atoms with van der Waals surface area (Å²) in [5.41, 5.74) is 7.25. The van der Waals surface area contributed by atoms with Gasteiger partial charge in [-0.05, 0) is 44.4 Å². The smallest absolute Gasteiger partial charge is 0.0714 e. The van der Waals surface area contributed by atoms with Crippen LogP contribution < -0.4 is 0 Å². The van der Waals surface area contributed by atoms with Gasteiger partial charge >= 0.3 is 26.2 Å². The fourth-order valence-electron chi connectivity index (χ4n) is 2.38. The standard InChI is InChI=1S/C11H20Si.Zr/c1-7-8(2)10(4)11(9(7)3)12(5)6;/h11-12H,1-6H3;/q;+4. The zero-order chi connectivity index (χ0) is 9.46. The van der Waals surface area contributed by atoms with E-state index in [4.69, 9.17) is 0 Å². The summed E-state index contributed by atoms with van der Waals surface area (Å²) < 4.78 is 0. The number of rotatable bonds is 1. The Hall–Kier alpha value is 0.580. The average Bonchev–Trinajstić information content (AvgIpc) is 2.16. The average molecular weight is 272 g/mol. The van der Waals surface area contributed by atoms with Crippen LogP contribution in [-0.4, -0.2) is 8.80 Å². The summed E-state index contributed by atoms with van der Waals surface area (Å²) in [5.74, 6) is 0. The van der Waals surface area contributed by atoms with E-state index >= 15 is 0 Å². The van der Waals surface area contributed by atoms with Gasteiger partial charge in [-0.2, -0.15) is 0 Å². The van der Waals surface area contributed by atoms with E-state index in [2.05, 4.69) is 40.8 Å². The zero-order valence-corrected chi connectivity index (χ0v) is 13.3. The van der Waals surface area contributed by atoms with Gasteiger partial charge in [0.1, 0.15) is 0 Å². The van der Waals surface area contributed by atoms with E-state index in [9.17, 15) is 0 Å². The van der Waals surface area contributed by atoms with E-state index in [-0.39, 0.29) is 26.2 Å². The second-order valence-corrected chi connectivity index (χ2v) is 7.49. The Kier molecular flexibility index (Phi) is 5.10. The van der Waals surface area contributed by atoms with Crippen LogP contribution >= 0.6 is 0 Å². The maximum absolute atomic E-state index is 2.45. The minimum atomic E-state index is -0.531. The molecule has 0 bridgehead atoms. The zero-order valence-electron chi connectivity index (χ0n) is 9.65. The molecular formula is C11H20SiZr+4. The molecule has 1 aliphatic carbocycles.